The second-order valence-corrected chi connectivity index (χ2v) is 2.77. The average molecular weight is 177 g/mol. The molecule has 0 aromatic carbocycles. The largest absolute Gasteiger partial charge is 0.370 e. The number of rotatable bonds is 4. The molecule has 3 nitrogen and oxygen atoms in total. The van der Waals surface area contributed by atoms with Gasteiger partial charge in [0.1, 0.15) is 11.6 Å². The van der Waals surface area contributed by atoms with E-state index in [9.17, 15) is 0 Å². The summed E-state index contributed by atoms with van der Waals surface area (Å²) in [7, 11) is 0. The molecule has 0 saturated heterocycles. The average Bonchev–Trinajstić information content (AvgIpc) is 2.13. The number of anilines is 1. The van der Waals surface area contributed by atoms with E-state index in [0.717, 1.165) is 24.6 Å². The second kappa shape index (κ2) is 5.30. The first-order chi connectivity index (χ1) is 6.33. The molecule has 0 spiro atoms. The summed E-state index contributed by atoms with van der Waals surface area (Å²) in [6, 6.07) is 1.88. The lowest BCUT2D eigenvalue weighted by Gasteiger charge is -2.02. The summed E-state index contributed by atoms with van der Waals surface area (Å²) in [4.78, 5) is 8.24. The maximum Gasteiger partial charge on any atom is 0.129 e. The van der Waals surface area contributed by atoms with Crippen LogP contribution in [0, 0.1) is 6.92 Å². The zero-order valence-corrected chi connectivity index (χ0v) is 8.12. The van der Waals surface area contributed by atoms with Crippen LogP contribution in [-0.4, -0.2) is 16.5 Å². The van der Waals surface area contributed by atoms with Crippen LogP contribution in [0.5, 0.6) is 0 Å². The van der Waals surface area contributed by atoms with Crippen molar-refractivity contribution in [3.05, 3.63) is 30.2 Å². The van der Waals surface area contributed by atoms with Gasteiger partial charge in [-0.05, 0) is 26.3 Å². The van der Waals surface area contributed by atoms with Gasteiger partial charge in [0.25, 0.3) is 0 Å². The van der Waals surface area contributed by atoms with E-state index in [-0.39, 0.29) is 0 Å². The first kappa shape index (κ1) is 9.71. The highest BCUT2D eigenvalue weighted by Gasteiger charge is 1.91. The minimum atomic E-state index is 0.802. The lowest BCUT2D eigenvalue weighted by molar-refractivity contribution is 1.00. The van der Waals surface area contributed by atoms with E-state index >= 15 is 0 Å². The van der Waals surface area contributed by atoms with Gasteiger partial charge >= 0.3 is 0 Å². The van der Waals surface area contributed by atoms with E-state index in [4.69, 9.17) is 0 Å². The molecule has 70 valence electrons. The zero-order chi connectivity index (χ0) is 9.52. The fourth-order valence-corrected chi connectivity index (χ4v) is 1.00. The molecule has 0 aliphatic rings. The fraction of sp³-hybridized carbons (Fsp3) is 0.400. The molecule has 0 bridgehead atoms. The molecule has 0 saturated carbocycles. The predicted molar refractivity (Wildman–Crippen MR) is 54.7 cm³/mol. The molecule has 0 amide bonds. The Labute approximate surface area is 78.9 Å². The highest BCUT2D eigenvalue weighted by atomic mass is 15.0. The molecule has 0 unspecified atom stereocenters. The number of hydrogen-bond donors (Lipinski definition) is 1. The molecule has 0 aliphatic heterocycles. The van der Waals surface area contributed by atoms with Crippen molar-refractivity contribution in [3.8, 4) is 0 Å². The standard InChI is InChI=1S/C10H15N3/c1-3-4-5-7-12-10-6-8-11-9(2)13-10/h3-4,6,8H,5,7H2,1-2H3,(H,11,12,13)/b4-3+. The molecule has 0 fully saturated rings. The van der Waals surface area contributed by atoms with E-state index in [1.807, 2.05) is 26.0 Å². The first-order valence-corrected chi connectivity index (χ1v) is 4.47. The van der Waals surface area contributed by atoms with Crippen LogP contribution < -0.4 is 5.32 Å². The maximum atomic E-state index is 4.22. The third kappa shape index (κ3) is 3.69. The van der Waals surface area contributed by atoms with Gasteiger partial charge in [0.15, 0.2) is 0 Å². The Morgan fingerprint density at radius 2 is 2.38 bits per heavy atom. The van der Waals surface area contributed by atoms with Gasteiger partial charge in [-0.1, -0.05) is 12.2 Å². The van der Waals surface area contributed by atoms with Crippen molar-refractivity contribution in [2.75, 3.05) is 11.9 Å². The van der Waals surface area contributed by atoms with Crippen molar-refractivity contribution in [2.24, 2.45) is 0 Å². The van der Waals surface area contributed by atoms with Crippen LogP contribution >= 0.6 is 0 Å². The van der Waals surface area contributed by atoms with Crippen molar-refractivity contribution in [3.63, 3.8) is 0 Å². The SMILES string of the molecule is C/C=C/CCNc1ccnc(C)n1. The van der Waals surface area contributed by atoms with Gasteiger partial charge < -0.3 is 5.32 Å². The molecule has 0 aliphatic carbocycles. The Morgan fingerprint density at radius 3 is 3.08 bits per heavy atom. The minimum Gasteiger partial charge on any atom is -0.370 e. The second-order valence-electron chi connectivity index (χ2n) is 2.77. The van der Waals surface area contributed by atoms with Crippen LogP contribution in [0.3, 0.4) is 0 Å². The fourth-order valence-electron chi connectivity index (χ4n) is 1.00. The molecule has 1 heterocycles. The predicted octanol–water partition coefficient (Wildman–Crippen LogP) is 2.16. The van der Waals surface area contributed by atoms with Crippen molar-refractivity contribution >= 4 is 5.82 Å². The summed E-state index contributed by atoms with van der Waals surface area (Å²) in [5.74, 6) is 1.70. The van der Waals surface area contributed by atoms with Gasteiger partial charge in [0, 0.05) is 12.7 Å². The highest BCUT2D eigenvalue weighted by molar-refractivity contribution is 5.32. The van der Waals surface area contributed by atoms with Crippen molar-refractivity contribution in [1.29, 1.82) is 0 Å². The first-order valence-electron chi connectivity index (χ1n) is 4.47. The van der Waals surface area contributed by atoms with Gasteiger partial charge in [0.2, 0.25) is 0 Å². The highest BCUT2D eigenvalue weighted by Crippen LogP contribution is 2.00. The molecule has 1 N–H and O–H groups in total. The molecule has 0 radical (unpaired) electrons. The Bertz CT molecular complexity index is 281. The summed E-state index contributed by atoms with van der Waals surface area (Å²) in [5.41, 5.74) is 0. The summed E-state index contributed by atoms with van der Waals surface area (Å²) < 4.78 is 0. The normalized spacial score (nSPS) is 10.6. The lowest BCUT2D eigenvalue weighted by atomic mass is 10.4. The van der Waals surface area contributed by atoms with Crippen LogP contribution in [-0.2, 0) is 0 Å². The van der Waals surface area contributed by atoms with Crippen LogP contribution in [0.15, 0.2) is 24.4 Å². The van der Waals surface area contributed by atoms with E-state index in [0.29, 0.717) is 0 Å². The topological polar surface area (TPSA) is 37.8 Å². The Hall–Kier alpha value is -1.38. The smallest absolute Gasteiger partial charge is 0.129 e. The summed E-state index contributed by atoms with van der Waals surface area (Å²) >= 11 is 0. The van der Waals surface area contributed by atoms with Crippen LogP contribution in [0.4, 0.5) is 5.82 Å². The lowest BCUT2D eigenvalue weighted by Crippen LogP contribution is -2.03. The van der Waals surface area contributed by atoms with Gasteiger partial charge in [-0.15, -0.1) is 0 Å². The van der Waals surface area contributed by atoms with Crippen LogP contribution in [0.2, 0.25) is 0 Å². The summed E-state index contributed by atoms with van der Waals surface area (Å²) in [6.45, 7) is 4.83. The number of hydrogen-bond acceptors (Lipinski definition) is 3. The van der Waals surface area contributed by atoms with E-state index in [1.165, 1.54) is 0 Å². The number of nitrogens with zero attached hydrogens (tertiary/aromatic N) is 2. The van der Waals surface area contributed by atoms with E-state index in [2.05, 4.69) is 21.4 Å². The number of nitrogens with one attached hydrogen (secondary N) is 1. The quantitative estimate of drug-likeness (QED) is 0.565. The molecule has 0 atom stereocenters. The van der Waals surface area contributed by atoms with Gasteiger partial charge in [-0.25, -0.2) is 9.97 Å². The van der Waals surface area contributed by atoms with Crippen molar-refractivity contribution in [1.82, 2.24) is 9.97 Å². The van der Waals surface area contributed by atoms with Crippen molar-refractivity contribution < 1.29 is 0 Å². The van der Waals surface area contributed by atoms with Gasteiger partial charge in [-0.2, -0.15) is 0 Å². The summed E-state index contributed by atoms with van der Waals surface area (Å²) in [6.07, 6.45) is 6.97. The molecule has 3 heteroatoms. The maximum absolute atomic E-state index is 4.22. The monoisotopic (exact) mass is 177 g/mol. The van der Waals surface area contributed by atoms with Gasteiger partial charge in [0.05, 0.1) is 0 Å². The Morgan fingerprint density at radius 1 is 1.54 bits per heavy atom. The van der Waals surface area contributed by atoms with E-state index < -0.39 is 0 Å². The molecular formula is C10H15N3. The molecule has 13 heavy (non-hydrogen) atoms. The summed E-state index contributed by atoms with van der Waals surface area (Å²) in [5, 5.41) is 3.22. The van der Waals surface area contributed by atoms with Gasteiger partial charge in [-0.3, -0.25) is 0 Å². The molecule has 1 rings (SSSR count). The third-order valence-corrected chi connectivity index (χ3v) is 1.63. The Kier molecular flexibility index (Phi) is 3.96. The van der Waals surface area contributed by atoms with Crippen LogP contribution in [0.25, 0.3) is 0 Å². The van der Waals surface area contributed by atoms with E-state index in [1.54, 1.807) is 6.20 Å². The van der Waals surface area contributed by atoms with Crippen LogP contribution in [0.1, 0.15) is 19.2 Å². The minimum absolute atomic E-state index is 0.802. The Balaban J connectivity index is 2.36. The zero-order valence-electron chi connectivity index (χ0n) is 8.12. The molecular weight excluding hydrogens is 162 g/mol. The van der Waals surface area contributed by atoms with Crippen molar-refractivity contribution in [2.45, 2.75) is 20.3 Å². The molecule has 1 aromatic heterocycles. The number of allylic oxidation sites excluding steroid dienone is 1. The number of aromatic nitrogens is 2. The third-order valence-electron chi connectivity index (χ3n) is 1.63. The molecule has 1 aromatic rings. The number of aryl methyl sites for hydroxylation is 1.